The first-order chi connectivity index (χ1) is 14.7. The second kappa shape index (κ2) is 12.9. The van der Waals surface area contributed by atoms with E-state index < -0.39 is 0 Å². The van der Waals surface area contributed by atoms with Crippen LogP contribution in [0.3, 0.4) is 0 Å². The van der Waals surface area contributed by atoms with Crippen LogP contribution in [0, 0.1) is 0 Å². The van der Waals surface area contributed by atoms with Crippen molar-refractivity contribution in [2.45, 2.75) is 76.8 Å². The summed E-state index contributed by atoms with van der Waals surface area (Å²) in [7, 11) is 0. The molecule has 1 heterocycles. The van der Waals surface area contributed by atoms with Crippen molar-refractivity contribution in [2.75, 3.05) is 12.4 Å². The molecular formula is C24H32O5S. The van der Waals surface area contributed by atoms with Gasteiger partial charge in [0.05, 0.1) is 6.10 Å². The number of unbranched alkanes of at least 4 members (excludes halogenated alkanes) is 3. The molecule has 1 aliphatic heterocycles. The predicted molar refractivity (Wildman–Crippen MR) is 118 cm³/mol. The van der Waals surface area contributed by atoms with Gasteiger partial charge < -0.3 is 14.2 Å². The zero-order valence-corrected chi connectivity index (χ0v) is 18.4. The molecule has 0 spiro atoms. The Morgan fingerprint density at radius 3 is 2.73 bits per heavy atom. The number of allylic oxidation sites excluding steroid dienone is 1. The lowest BCUT2D eigenvalue weighted by Crippen LogP contribution is -2.26. The number of rotatable bonds is 12. The molecule has 2 unspecified atom stereocenters. The second-order valence-electron chi connectivity index (χ2n) is 7.79. The summed E-state index contributed by atoms with van der Waals surface area (Å²) in [6.07, 6.45) is 9.64. The molecular weight excluding hydrogens is 400 g/mol. The van der Waals surface area contributed by atoms with Gasteiger partial charge in [-0.2, -0.15) is 0 Å². The number of esters is 1. The van der Waals surface area contributed by atoms with Crippen LogP contribution in [0.25, 0.3) is 0 Å². The van der Waals surface area contributed by atoms with Crippen molar-refractivity contribution in [3.8, 4) is 0 Å². The van der Waals surface area contributed by atoms with Crippen molar-refractivity contribution in [3.05, 3.63) is 46.9 Å². The van der Waals surface area contributed by atoms with Crippen molar-refractivity contribution in [2.24, 2.45) is 0 Å². The quantitative estimate of drug-likeness (QED) is 0.335. The molecule has 1 aromatic rings. The van der Waals surface area contributed by atoms with Gasteiger partial charge in [-0.25, -0.2) is 0 Å². The van der Waals surface area contributed by atoms with Gasteiger partial charge in [0.15, 0.2) is 12.1 Å². The third-order valence-electron chi connectivity index (χ3n) is 5.24. The highest BCUT2D eigenvalue weighted by molar-refractivity contribution is 8.04. The fourth-order valence-electron chi connectivity index (χ4n) is 3.55. The minimum atomic E-state index is -0.156. The third-order valence-corrected chi connectivity index (χ3v) is 6.41. The Kier molecular flexibility index (Phi) is 9.93. The number of ketones is 1. The van der Waals surface area contributed by atoms with E-state index in [0.29, 0.717) is 19.4 Å². The maximum atomic E-state index is 12.2. The molecule has 1 aromatic carbocycles. The van der Waals surface area contributed by atoms with Crippen LogP contribution in [0.5, 0.6) is 0 Å². The van der Waals surface area contributed by atoms with Crippen LogP contribution in [-0.2, 0) is 30.4 Å². The number of benzene rings is 1. The molecule has 0 radical (unpaired) electrons. The van der Waals surface area contributed by atoms with Gasteiger partial charge in [-0.1, -0.05) is 43.2 Å². The molecule has 0 aromatic heterocycles. The average Bonchev–Trinajstić information content (AvgIpc) is 3.11. The van der Waals surface area contributed by atoms with Crippen molar-refractivity contribution < 1.29 is 23.8 Å². The number of ether oxygens (including phenoxy) is 3. The average molecular weight is 433 g/mol. The van der Waals surface area contributed by atoms with E-state index in [-0.39, 0.29) is 24.1 Å². The van der Waals surface area contributed by atoms with E-state index in [1.165, 1.54) is 0 Å². The van der Waals surface area contributed by atoms with Gasteiger partial charge in [0, 0.05) is 24.4 Å². The maximum Gasteiger partial charge on any atom is 0.306 e. The molecule has 0 amide bonds. The SMILES string of the molecule is O=C(CCCCCCSC1=CC(OC2CCCCO2)CC1=O)OCc1ccccc1. The summed E-state index contributed by atoms with van der Waals surface area (Å²) in [5.74, 6) is 0.966. The summed E-state index contributed by atoms with van der Waals surface area (Å²) in [5, 5.41) is 0. The van der Waals surface area contributed by atoms with Gasteiger partial charge in [0.1, 0.15) is 6.61 Å². The summed E-state index contributed by atoms with van der Waals surface area (Å²) < 4.78 is 16.8. The normalized spacial score (nSPS) is 21.5. The fourth-order valence-corrected chi connectivity index (χ4v) is 4.61. The zero-order chi connectivity index (χ0) is 21.0. The molecule has 0 bridgehead atoms. The maximum absolute atomic E-state index is 12.2. The number of hydrogen-bond acceptors (Lipinski definition) is 6. The number of Topliss-reactive ketones (excluding diaryl/α,β-unsaturated/α-hetero) is 1. The van der Waals surface area contributed by atoms with E-state index in [0.717, 1.165) is 67.8 Å². The standard InChI is InChI=1S/C24H32O5S/c25-21-16-20(29-24-13-7-8-14-27-24)17-22(21)30-15-9-2-1-6-12-23(26)28-18-19-10-4-3-5-11-19/h3-5,10-11,17,20,24H,1-2,6-9,12-16,18H2. The van der Waals surface area contributed by atoms with Crippen LogP contribution in [0.15, 0.2) is 41.3 Å². The summed E-state index contributed by atoms with van der Waals surface area (Å²) in [4.78, 5) is 24.8. The first-order valence-electron chi connectivity index (χ1n) is 11.0. The van der Waals surface area contributed by atoms with Crippen LogP contribution >= 0.6 is 11.8 Å². The summed E-state index contributed by atoms with van der Waals surface area (Å²) in [5.41, 5.74) is 1.01. The van der Waals surface area contributed by atoms with Crippen LogP contribution in [0.4, 0.5) is 0 Å². The molecule has 1 saturated heterocycles. The number of carbonyl (C=O) groups is 2. The predicted octanol–water partition coefficient (Wildman–Crippen LogP) is 5.18. The van der Waals surface area contributed by atoms with Crippen molar-refractivity contribution >= 4 is 23.5 Å². The van der Waals surface area contributed by atoms with Crippen LogP contribution in [-0.4, -0.2) is 36.5 Å². The molecule has 164 valence electrons. The highest BCUT2D eigenvalue weighted by Gasteiger charge is 2.28. The van der Waals surface area contributed by atoms with E-state index >= 15 is 0 Å². The minimum Gasteiger partial charge on any atom is -0.461 e. The Labute approximate surface area is 183 Å². The van der Waals surface area contributed by atoms with E-state index in [1.54, 1.807) is 11.8 Å². The molecule has 30 heavy (non-hydrogen) atoms. The van der Waals surface area contributed by atoms with Gasteiger partial charge in [-0.3, -0.25) is 9.59 Å². The Bertz CT molecular complexity index is 697. The summed E-state index contributed by atoms with van der Waals surface area (Å²) in [6, 6.07) is 9.73. The lowest BCUT2D eigenvalue weighted by atomic mass is 10.1. The largest absolute Gasteiger partial charge is 0.461 e. The van der Waals surface area contributed by atoms with Crippen LogP contribution < -0.4 is 0 Å². The molecule has 5 nitrogen and oxygen atoms in total. The Morgan fingerprint density at radius 2 is 1.93 bits per heavy atom. The fraction of sp³-hybridized carbons (Fsp3) is 0.583. The van der Waals surface area contributed by atoms with E-state index in [2.05, 4.69) is 0 Å². The molecule has 2 aliphatic rings. The Morgan fingerprint density at radius 1 is 1.10 bits per heavy atom. The Balaban J connectivity index is 1.20. The van der Waals surface area contributed by atoms with E-state index in [4.69, 9.17) is 14.2 Å². The monoisotopic (exact) mass is 432 g/mol. The lowest BCUT2D eigenvalue weighted by Gasteiger charge is -2.24. The first-order valence-corrected chi connectivity index (χ1v) is 12.0. The highest BCUT2D eigenvalue weighted by atomic mass is 32.2. The van der Waals surface area contributed by atoms with Crippen LogP contribution in [0.1, 0.15) is 63.4 Å². The Hall–Kier alpha value is -1.63. The smallest absolute Gasteiger partial charge is 0.306 e. The van der Waals surface area contributed by atoms with Gasteiger partial charge in [0.25, 0.3) is 0 Å². The van der Waals surface area contributed by atoms with Gasteiger partial charge in [-0.15, -0.1) is 11.8 Å². The topological polar surface area (TPSA) is 61.8 Å². The molecule has 1 fully saturated rings. The highest BCUT2D eigenvalue weighted by Crippen LogP contribution is 2.30. The minimum absolute atomic E-state index is 0.134. The molecule has 3 rings (SSSR count). The van der Waals surface area contributed by atoms with E-state index in [9.17, 15) is 9.59 Å². The molecule has 2 atom stereocenters. The zero-order valence-electron chi connectivity index (χ0n) is 17.6. The first kappa shape index (κ1) is 23.0. The van der Waals surface area contributed by atoms with Crippen molar-refractivity contribution in [3.63, 3.8) is 0 Å². The second-order valence-corrected chi connectivity index (χ2v) is 8.92. The lowest BCUT2D eigenvalue weighted by molar-refractivity contribution is -0.178. The molecule has 6 heteroatoms. The van der Waals surface area contributed by atoms with Crippen LogP contribution in [0.2, 0.25) is 0 Å². The van der Waals surface area contributed by atoms with Gasteiger partial charge in [-0.05, 0) is 49.5 Å². The van der Waals surface area contributed by atoms with Crippen molar-refractivity contribution in [1.29, 1.82) is 0 Å². The molecule has 0 N–H and O–H groups in total. The molecule has 0 saturated carbocycles. The van der Waals surface area contributed by atoms with Gasteiger partial charge >= 0.3 is 5.97 Å². The van der Waals surface area contributed by atoms with Gasteiger partial charge in [0.2, 0.25) is 0 Å². The molecule has 1 aliphatic carbocycles. The summed E-state index contributed by atoms with van der Waals surface area (Å²) in [6.45, 7) is 1.10. The van der Waals surface area contributed by atoms with Crippen molar-refractivity contribution in [1.82, 2.24) is 0 Å². The third kappa shape index (κ3) is 8.25. The number of thioether (sulfide) groups is 1. The number of hydrogen-bond donors (Lipinski definition) is 0. The summed E-state index contributed by atoms with van der Waals surface area (Å²) >= 11 is 1.63. The van der Waals surface area contributed by atoms with E-state index in [1.807, 2.05) is 36.4 Å². The number of carbonyl (C=O) groups excluding carboxylic acids is 2.